The van der Waals surface area contributed by atoms with Crippen molar-refractivity contribution in [3.8, 4) is 0 Å². The second kappa shape index (κ2) is 7.49. The molecule has 0 heterocycles. The van der Waals surface area contributed by atoms with Crippen molar-refractivity contribution in [2.45, 2.75) is 26.3 Å². The van der Waals surface area contributed by atoms with E-state index in [0.717, 1.165) is 10.2 Å². The molecule has 126 valence electrons. The smallest absolute Gasteiger partial charge is 0.269 e. The predicted molar refractivity (Wildman–Crippen MR) is 98.9 cm³/mol. The number of amides is 2. The van der Waals surface area contributed by atoms with Crippen molar-refractivity contribution in [3.05, 3.63) is 64.1 Å². The Kier molecular flexibility index (Phi) is 5.62. The summed E-state index contributed by atoms with van der Waals surface area (Å²) in [7, 11) is 0. The maximum atomic E-state index is 12.1. The van der Waals surface area contributed by atoms with E-state index in [9.17, 15) is 9.59 Å². The molecule has 0 atom stereocenters. The number of hydrogen-bond donors (Lipinski definition) is 3. The highest BCUT2D eigenvalue weighted by Crippen LogP contribution is 2.13. The van der Waals surface area contributed by atoms with Crippen molar-refractivity contribution in [2.75, 3.05) is 5.43 Å². The Labute approximate surface area is 149 Å². The van der Waals surface area contributed by atoms with Gasteiger partial charge in [0, 0.05) is 21.1 Å². The summed E-state index contributed by atoms with van der Waals surface area (Å²) in [6, 6.07) is 13.9. The molecule has 0 aromatic heterocycles. The highest BCUT2D eigenvalue weighted by molar-refractivity contribution is 9.10. The van der Waals surface area contributed by atoms with Gasteiger partial charge in [0.1, 0.15) is 0 Å². The monoisotopic (exact) mass is 389 g/mol. The number of carbonyl (C=O) groups is 2. The Hall–Kier alpha value is -2.34. The first-order valence-electron chi connectivity index (χ1n) is 7.49. The van der Waals surface area contributed by atoms with E-state index in [1.807, 2.05) is 45.0 Å². The molecule has 0 aliphatic rings. The van der Waals surface area contributed by atoms with E-state index in [-0.39, 0.29) is 17.4 Å². The lowest BCUT2D eigenvalue weighted by atomic mass is 10.1. The third-order valence-corrected chi connectivity index (χ3v) is 3.59. The molecular weight excluding hydrogens is 370 g/mol. The average molecular weight is 390 g/mol. The minimum absolute atomic E-state index is 0.164. The van der Waals surface area contributed by atoms with E-state index in [2.05, 4.69) is 32.1 Å². The van der Waals surface area contributed by atoms with E-state index in [4.69, 9.17) is 0 Å². The Bertz CT molecular complexity index is 719. The van der Waals surface area contributed by atoms with Gasteiger partial charge >= 0.3 is 0 Å². The molecule has 2 aromatic rings. The van der Waals surface area contributed by atoms with Gasteiger partial charge in [-0.05, 0) is 69.3 Å². The summed E-state index contributed by atoms with van der Waals surface area (Å²) in [5, 5.41) is 2.88. The van der Waals surface area contributed by atoms with Crippen LogP contribution in [0.2, 0.25) is 0 Å². The maximum absolute atomic E-state index is 12.1. The molecule has 2 rings (SSSR count). The molecule has 5 nitrogen and oxygen atoms in total. The number of rotatable bonds is 4. The highest BCUT2D eigenvalue weighted by atomic mass is 79.9. The first-order chi connectivity index (χ1) is 11.2. The summed E-state index contributed by atoms with van der Waals surface area (Å²) in [4.78, 5) is 24.2. The van der Waals surface area contributed by atoms with Crippen LogP contribution in [-0.2, 0) is 0 Å². The molecule has 0 saturated heterocycles. The third kappa shape index (κ3) is 5.38. The zero-order chi connectivity index (χ0) is 17.7. The van der Waals surface area contributed by atoms with Crippen LogP contribution in [0.5, 0.6) is 0 Å². The number of halogens is 1. The molecule has 0 saturated carbocycles. The van der Waals surface area contributed by atoms with Gasteiger partial charge < -0.3 is 5.32 Å². The van der Waals surface area contributed by atoms with Gasteiger partial charge in [0.2, 0.25) is 0 Å². The summed E-state index contributed by atoms with van der Waals surface area (Å²) in [5.41, 5.74) is 6.90. The van der Waals surface area contributed by atoms with Crippen molar-refractivity contribution >= 4 is 33.4 Å². The van der Waals surface area contributed by atoms with Gasteiger partial charge in [0.05, 0.1) is 5.69 Å². The number of carbonyl (C=O) groups excluding carboxylic acids is 2. The molecule has 0 aliphatic carbocycles. The number of benzene rings is 2. The molecule has 0 fully saturated rings. The van der Waals surface area contributed by atoms with Crippen LogP contribution < -0.4 is 16.2 Å². The number of nitrogens with one attached hydrogen (secondary N) is 3. The summed E-state index contributed by atoms with van der Waals surface area (Å²) in [6.45, 7) is 5.75. The van der Waals surface area contributed by atoms with Crippen molar-refractivity contribution in [3.63, 3.8) is 0 Å². The summed E-state index contributed by atoms with van der Waals surface area (Å²) < 4.78 is 0.962. The lowest BCUT2D eigenvalue weighted by Crippen LogP contribution is -2.40. The SMILES string of the molecule is CC(C)(C)NC(=O)c1ccc(C(=O)NNc2ccc(Br)cc2)cc1. The molecule has 0 spiro atoms. The zero-order valence-corrected chi connectivity index (χ0v) is 15.4. The standard InChI is InChI=1S/C18H20BrN3O2/c1-18(2,3)20-16(23)12-4-6-13(7-5-12)17(24)22-21-15-10-8-14(19)9-11-15/h4-11,21H,1-3H3,(H,20,23)(H,22,24). The lowest BCUT2D eigenvalue weighted by Gasteiger charge is -2.20. The fourth-order valence-corrected chi connectivity index (χ4v) is 2.18. The summed E-state index contributed by atoms with van der Waals surface area (Å²) >= 11 is 3.35. The van der Waals surface area contributed by atoms with Crippen LogP contribution in [-0.4, -0.2) is 17.4 Å². The van der Waals surface area contributed by atoms with Gasteiger partial charge in [-0.15, -0.1) is 0 Å². The van der Waals surface area contributed by atoms with Crippen LogP contribution in [0.1, 0.15) is 41.5 Å². The van der Waals surface area contributed by atoms with Crippen LogP contribution >= 0.6 is 15.9 Å². The summed E-state index contributed by atoms with van der Waals surface area (Å²) in [5.74, 6) is -0.442. The van der Waals surface area contributed by atoms with Gasteiger partial charge in [-0.3, -0.25) is 20.4 Å². The normalized spacial score (nSPS) is 10.8. The molecule has 3 N–H and O–H groups in total. The molecule has 0 aliphatic heterocycles. The molecule has 2 aromatic carbocycles. The molecule has 6 heteroatoms. The van der Waals surface area contributed by atoms with Crippen molar-refractivity contribution < 1.29 is 9.59 Å². The molecular formula is C18H20BrN3O2. The average Bonchev–Trinajstić information content (AvgIpc) is 2.52. The van der Waals surface area contributed by atoms with Gasteiger partial charge in [0.25, 0.3) is 11.8 Å². The predicted octanol–water partition coefficient (Wildman–Crippen LogP) is 3.73. The lowest BCUT2D eigenvalue weighted by molar-refractivity contribution is 0.0916. The second-order valence-electron chi connectivity index (χ2n) is 6.37. The van der Waals surface area contributed by atoms with Crippen molar-refractivity contribution in [1.29, 1.82) is 0 Å². The molecule has 0 radical (unpaired) electrons. The van der Waals surface area contributed by atoms with E-state index in [0.29, 0.717) is 11.1 Å². The van der Waals surface area contributed by atoms with Crippen LogP contribution in [0.15, 0.2) is 53.0 Å². The first kappa shape index (κ1) is 18.0. The van der Waals surface area contributed by atoms with Gasteiger partial charge in [-0.2, -0.15) is 0 Å². The van der Waals surface area contributed by atoms with E-state index >= 15 is 0 Å². The van der Waals surface area contributed by atoms with E-state index in [1.54, 1.807) is 24.3 Å². The second-order valence-corrected chi connectivity index (χ2v) is 7.28. The zero-order valence-electron chi connectivity index (χ0n) is 13.8. The first-order valence-corrected chi connectivity index (χ1v) is 8.28. The van der Waals surface area contributed by atoms with Crippen molar-refractivity contribution in [1.82, 2.24) is 10.7 Å². The molecule has 0 unspecified atom stereocenters. The van der Waals surface area contributed by atoms with Gasteiger partial charge in [-0.25, -0.2) is 0 Å². The fraction of sp³-hybridized carbons (Fsp3) is 0.222. The minimum Gasteiger partial charge on any atom is -0.347 e. The van der Waals surface area contributed by atoms with Crippen LogP contribution in [0, 0.1) is 0 Å². The van der Waals surface area contributed by atoms with Crippen molar-refractivity contribution in [2.24, 2.45) is 0 Å². The van der Waals surface area contributed by atoms with E-state index in [1.165, 1.54) is 0 Å². The fourth-order valence-electron chi connectivity index (χ4n) is 1.92. The molecule has 24 heavy (non-hydrogen) atoms. The summed E-state index contributed by atoms with van der Waals surface area (Å²) in [6.07, 6.45) is 0. The molecule has 0 bridgehead atoms. The quantitative estimate of drug-likeness (QED) is 0.697. The third-order valence-electron chi connectivity index (χ3n) is 3.06. The molecule has 2 amide bonds. The topological polar surface area (TPSA) is 70.2 Å². The van der Waals surface area contributed by atoms with Crippen LogP contribution in [0.3, 0.4) is 0 Å². The highest BCUT2D eigenvalue weighted by Gasteiger charge is 2.15. The number of hydrogen-bond acceptors (Lipinski definition) is 3. The minimum atomic E-state index is -0.304. The largest absolute Gasteiger partial charge is 0.347 e. The van der Waals surface area contributed by atoms with Gasteiger partial charge in [-0.1, -0.05) is 15.9 Å². The van der Waals surface area contributed by atoms with Crippen LogP contribution in [0.4, 0.5) is 5.69 Å². The Morgan fingerprint density at radius 3 is 1.83 bits per heavy atom. The Morgan fingerprint density at radius 1 is 0.833 bits per heavy atom. The van der Waals surface area contributed by atoms with Crippen LogP contribution in [0.25, 0.3) is 0 Å². The Morgan fingerprint density at radius 2 is 1.33 bits per heavy atom. The maximum Gasteiger partial charge on any atom is 0.269 e. The number of anilines is 1. The number of hydrazine groups is 1. The van der Waals surface area contributed by atoms with E-state index < -0.39 is 0 Å². The Balaban J connectivity index is 1.95. The van der Waals surface area contributed by atoms with Gasteiger partial charge in [0.15, 0.2) is 0 Å².